The Kier molecular flexibility index (Phi) is 5.88. The number of hydrogen-bond acceptors (Lipinski definition) is 4. The van der Waals surface area contributed by atoms with Crippen molar-refractivity contribution in [3.63, 3.8) is 0 Å². The van der Waals surface area contributed by atoms with Crippen molar-refractivity contribution in [2.75, 3.05) is 19.8 Å². The first-order valence-corrected chi connectivity index (χ1v) is 7.01. The highest BCUT2D eigenvalue weighted by molar-refractivity contribution is 9.09. The van der Waals surface area contributed by atoms with E-state index in [-0.39, 0.29) is 4.83 Å². The van der Waals surface area contributed by atoms with Crippen molar-refractivity contribution in [3.8, 4) is 0 Å². The second-order valence-electron chi connectivity index (χ2n) is 3.67. The number of ether oxygens (including phenoxy) is 3. The molecule has 0 spiro atoms. The number of rotatable bonds is 6. The molecule has 0 unspecified atom stereocenters. The number of alkyl halides is 1. The molecule has 2 atom stereocenters. The Morgan fingerprint density at radius 1 is 1.33 bits per heavy atom. The molecule has 0 aromatic carbocycles. The van der Waals surface area contributed by atoms with Crippen LogP contribution < -0.4 is 0 Å². The van der Waals surface area contributed by atoms with Gasteiger partial charge in [-0.25, -0.2) is 4.79 Å². The minimum atomic E-state index is -1.15. The number of allylic oxidation sites excluding steroid dienone is 2. The van der Waals surface area contributed by atoms with E-state index < -0.39 is 11.6 Å². The number of hydrogen-bond donors (Lipinski definition) is 0. The highest BCUT2D eigenvalue weighted by Crippen LogP contribution is 2.35. The molecule has 0 heterocycles. The molecular weight excluding hydrogens is 300 g/mol. The molecule has 0 aromatic heterocycles. The summed E-state index contributed by atoms with van der Waals surface area (Å²) in [6, 6.07) is 0. The molecule has 0 fully saturated rings. The third-order valence-corrected chi connectivity index (χ3v) is 3.65. The molecule has 0 amide bonds. The molecule has 1 rings (SSSR count). The van der Waals surface area contributed by atoms with Gasteiger partial charge in [0.25, 0.3) is 0 Å². The molecule has 0 radical (unpaired) electrons. The molecule has 0 saturated carbocycles. The molecule has 102 valence electrons. The van der Waals surface area contributed by atoms with Gasteiger partial charge in [-0.15, -0.1) is 0 Å². The number of carbonyl (C=O) groups excluding carboxylic acids is 1. The molecule has 0 saturated heterocycles. The van der Waals surface area contributed by atoms with Gasteiger partial charge in [0.15, 0.2) is 0 Å². The molecule has 18 heavy (non-hydrogen) atoms. The summed E-state index contributed by atoms with van der Waals surface area (Å²) in [5.74, 6) is 0.261. The summed E-state index contributed by atoms with van der Waals surface area (Å²) in [6.45, 7) is 6.76. The first kappa shape index (κ1) is 15.2. The first-order chi connectivity index (χ1) is 8.62. The molecule has 0 bridgehead atoms. The Balaban J connectivity index is 3.02. The third kappa shape index (κ3) is 2.95. The van der Waals surface area contributed by atoms with Crippen LogP contribution >= 0.6 is 15.9 Å². The van der Waals surface area contributed by atoms with Crippen molar-refractivity contribution in [1.82, 2.24) is 0 Å². The van der Waals surface area contributed by atoms with Gasteiger partial charge in [0.1, 0.15) is 10.6 Å². The second kappa shape index (κ2) is 6.95. The normalized spacial score (nSPS) is 26.7. The van der Waals surface area contributed by atoms with E-state index >= 15 is 0 Å². The van der Waals surface area contributed by atoms with Crippen molar-refractivity contribution in [2.24, 2.45) is 0 Å². The van der Waals surface area contributed by atoms with E-state index in [1.165, 1.54) is 0 Å². The number of esters is 1. The lowest BCUT2D eigenvalue weighted by Crippen LogP contribution is -2.50. The lowest BCUT2D eigenvalue weighted by atomic mass is 9.93. The fourth-order valence-corrected chi connectivity index (χ4v) is 2.55. The number of halogens is 1. The predicted octanol–water partition coefficient (Wildman–Crippen LogP) is 2.58. The van der Waals surface area contributed by atoms with Crippen molar-refractivity contribution in [1.29, 1.82) is 0 Å². The minimum Gasteiger partial charge on any atom is -0.497 e. The van der Waals surface area contributed by atoms with Gasteiger partial charge >= 0.3 is 5.97 Å². The van der Waals surface area contributed by atoms with E-state index in [0.29, 0.717) is 25.6 Å². The molecule has 0 aromatic rings. The second-order valence-corrected chi connectivity index (χ2v) is 4.59. The smallest absolute Gasteiger partial charge is 0.344 e. The fraction of sp³-hybridized carbons (Fsp3) is 0.615. The van der Waals surface area contributed by atoms with Gasteiger partial charge in [-0.05, 0) is 32.9 Å². The van der Waals surface area contributed by atoms with Gasteiger partial charge in [0.05, 0.1) is 13.2 Å². The Morgan fingerprint density at radius 2 is 2.06 bits per heavy atom. The summed E-state index contributed by atoms with van der Waals surface area (Å²) in [7, 11) is 0. The van der Waals surface area contributed by atoms with Crippen LogP contribution in [0.15, 0.2) is 24.0 Å². The van der Waals surface area contributed by atoms with Crippen LogP contribution in [0.1, 0.15) is 20.8 Å². The standard InChI is InChI=1S/C13H19BrO4/c1-4-16-10-8-7-9-13(11(10)14,18-6-3)12(15)17-5-2/h7-9,11H,4-6H2,1-3H3/t11-,13+/m0/s1. The largest absolute Gasteiger partial charge is 0.497 e. The number of carbonyl (C=O) groups is 1. The molecular formula is C13H19BrO4. The van der Waals surface area contributed by atoms with Gasteiger partial charge in [0, 0.05) is 6.61 Å². The van der Waals surface area contributed by atoms with Crippen LogP contribution in [-0.4, -0.2) is 36.2 Å². The molecule has 5 heteroatoms. The van der Waals surface area contributed by atoms with E-state index in [2.05, 4.69) is 15.9 Å². The SMILES string of the molecule is CCOC(=O)[C@@]1(OCC)C=CC=C(OCC)[C@@H]1Br. The molecule has 0 N–H and O–H groups in total. The Hall–Kier alpha value is -0.810. The van der Waals surface area contributed by atoms with Crippen molar-refractivity contribution in [3.05, 3.63) is 24.0 Å². The van der Waals surface area contributed by atoms with Gasteiger partial charge < -0.3 is 14.2 Å². The summed E-state index contributed by atoms with van der Waals surface area (Å²) >= 11 is 3.48. The minimum absolute atomic E-state index is 0.314. The maximum atomic E-state index is 12.2. The monoisotopic (exact) mass is 318 g/mol. The third-order valence-electron chi connectivity index (χ3n) is 2.52. The maximum Gasteiger partial charge on any atom is 0.344 e. The van der Waals surface area contributed by atoms with Gasteiger partial charge in [0.2, 0.25) is 5.60 Å². The topological polar surface area (TPSA) is 44.8 Å². The van der Waals surface area contributed by atoms with Gasteiger partial charge in [-0.2, -0.15) is 0 Å². The molecule has 0 aliphatic heterocycles. The van der Waals surface area contributed by atoms with Crippen LogP contribution in [0.25, 0.3) is 0 Å². The Labute approximate surface area is 116 Å². The van der Waals surface area contributed by atoms with Crippen LogP contribution in [0.3, 0.4) is 0 Å². The highest BCUT2D eigenvalue weighted by atomic mass is 79.9. The summed E-state index contributed by atoms with van der Waals surface area (Å²) in [6.07, 6.45) is 5.28. The zero-order chi connectivity index (χ0) is 13.6. The quantitative estimate of drug-likeness (QED) is 0.558. The van der Waals surface area contributed by atoms with E-state index in [1.54, 1.807) is 19.1 Å². The summed E-state index contributed by atoms with van der Waals surface area (Å²) in [4.78, 5) is 11.8. The van der Waals surface area contributed by atoms with Gasteiger partial charge in [-0.3, -0.25) is 0 Å². The molecule has 4 nitrogen and oxygen atoms in total. The van der Waals surface area contributed by atoms with E-state index in [4.69, 9.17) is 14.2 Å². The van der Waals surface area contributed by atoms with Gasteiger partial charge in [-0.1, -0.05) is 22.0 Å². The summed E-state index contributed by atoms with van der Waals surface area (Å²) in [5, 5.41) is 0. The summed E-state index contributed by atoms with van der Waals surface area (Å²) in [5.41, 5.74) is -1.15. The van der Waals surface area contributed by atoms with Crippen LogP contribution in [-0.2, 0) is 19.0 Å². The lowest BCUT2D eigenvalue weighted by Gasteiger charge is -2.35. The zero-order valence-corrected chi connectivity index (χ0v) is 12.5. The van der Waals surface area contributed by atoms with Crippen LogP contribution in [0.2, 0.25) is 0 Å². The first-order valence-electron chi connectivity index (χ1n) is 6.09. The molecule has 1 aliphatic rings. The highest BCUT2D eigenvalue weighted by Gasteiger charge is 2.48. The fourth-order valence-electron chi connectivity index (χ4n) is 1.79. The average molecular weight is 319 g/mol. The van der Waals surface area contributed by atoms with Crippen LogP contribution in [0.4, 0.5) is 0 Å². The maximum absolute atomic E-state index is 12.2. The van der Waals surface area contributed by atoms with Crippen molar-refractivity contribution >= 4 is 21.9 Å². The van der Waals surface area contributed by atoms with E-state index in [9.17, 15) is 4.79 Å². The van der Waals surface area contributed by atoms with E-state index in [0.717, 1.165) is 0 Å². The molecule has 1 aliphatic carbocycles. The van der Waals surface area contributed by atoms with Crippen molar-refractivity contribution in [2.45, 2.75) is 31.2 Å². The van der Waals surface area contributed by atoms with Crippen LogP contribution in [0, 0.1) is 0 Å². The zero-order valence-electron chi connectivity index (χ0n) is 10.9. The lowest BCUT2D eigenvalue weighted by molar-refractivity contribution is -0.165. The Morgan fingerprint density at radius 3 is 2.61 bits per heavy atom. The van der Waals surface area contributed by atoms with Crippen LogP contribution in [0.5, 0.6) is 0 Å². The van der Waals surface area contributed by atoms with Crippen molar-refractivity contribution < 1.29 is 19.0 Å². The average Bonchev–Trinajstić information content (AvgIpc) is 2.35. The summed E-state index contributed by atoms with van der Waals surface area (Å²) < 4.78 is 16.3. The van der Waals surface area contributed by atoms with E-state index in [1.807, 2.05) is 19.9 Å². The predicted molar refractivity (Wildman–Crippen MR) is 72.6 cm³/mol. The Bertz CT molecular complexity index is 351.